The van der Waals surface area contributed by atoms with Gasteiger partial charge in [-0.25, -0.2) is 0 Å². The average molecular weight is 463 g/mol. The highest BCUT2D eigenvalue weighted by Gasteiger charge is 2.51. The van der Waals surface area contributed by atoms with Crippen LogP contribution in [0.1, 0.15) is 37.7 Å². The Hall–Kier alpha value is -2.58. The first-order valence-corrected chi connectivity index (χ1v) is 11.1. The zero-order valence-corrected chi connectivity index (χ0v) is 18.3. The normalized spacial score (nSPS) is 25.6. The van der Waals surface area contributed by atoms with Crippen molar-refractivity contribution >= 4 is 11.6 Å². The maximum Gasteiger partial charge on any atom is 0.422 e. The van der Waals surface area contributed by atoms with Gasteiger partial charge in [-0.2, -0.15) is 13.2 Å². The quantitative estimate of drug-likeness (QED) is 0.636. The summed E-state index contributed by atoms with van der Waals surface area (Å²) in [5.74, 6) is 0.120. The molecule has 4 rings (SSSR count). The van der Waals surface area contributed by atoms with E-state index >= 15 is 0 Å². The molecule has 8 heteroatoms. The van der Waals surface area contributed by atoms with Crippen LogP contribution >= 0.6 is 0 Å². The zero-order valence-electron chi connectivity index (χ0n) is 18.3. The lowest BCUT2D eigenvalue weighted by Crippen LogP contribution is -2.45. The first-order valence-electron chi connectivity index (χ1n) is 11.1. The van der Waals surface area contributed by atoms with Crippen molar-refractivity contribution < 1.29 is 32.5 Å². The van der Waals surface area contributed by atoms with Crippen molar-refractivity contribution in [2.75, 3.05) is 24.7 Å². The van der Waals surface area contributed by atoms with Crippen molar-refractivity contribution in [1.82, 2.24) is 0 Å². The van der Waals surface area contributed by atoms with Gasteiger partial charge in [0.2, 0.25) is 5.91 Å². The molecule has 2 aromatic rings. The van der Waals surface area contributed by atoms with Crippen LogP contribution in [0.15, 0.2) is 54.6 Å². The molecule has 1 amide bonds. The van der Waals surface area contributed by atoms with Gasteiger partial charge >= 0.3 is 6.18 Å². The number of nitrogens with zero attached hydrogens (tertiary/aromatic N) is 1. The lowest BCUT2D eigenvalue weighted by molar-refractivity contribution is -0.153. The highest BCUT2D eigenvalue weighted by molar-refractivity contribution is 6.00. The molecule has 2 aliphatic rings. The van der Waals surface area contributed by atoms with Gasteiger partial charge in [-0.1, -0.05) is 30.3 Å². The van der Waals surface area contributed by atoms with Gasteiger partial charge in [0.25, 0.3) is 0 Å². The minimum Gasteiger partial charge on any atom is -0.484 e. The Morgan fingerprint density at radius 2 is 1.61 bits per heavy atom. The smallest absolute Gasteiger partial charge is 0.422 e. The number of anilines is 1. The van der Waals surface area contributed by atoms with Gasteiger partial charge < -0.3 is 19.5 Å². The summed E-state index contributed by atoms with van der Waals surface area (Å²) < 4.78 is 47.4. The molecule has 1 N–H and O–H groups in total. The SMILES string of the molecule is O=C1N(c2ccc(OCC(F)(F)F)cc2)CC[C@]12CC[C@@](O)(COCc1ccccc1)CC2. The summed E-state index contributed by atoms with van der Waals surface area (Å²) in [6, 6.07) is 15.9. The molecular weight excluding hydrogens is 435 g/mol. The number of carbonyl (C=O) groups excluding carboxylic acids is 1. The lowest BCUT2D eigenvalue weighted by Gasteiger charge is -2.40. The zero-order chi connectivity index (χ0) is 23.5. The van der Waals surface area contributed by atoms with Crippen LogP contribution in [0, 0.1) is 5.41 Å². The number of amides is 1. The fourth-order valence-electron chi connectivity index (χ4n) is 4.69. The topological polar surface area (TPSA) is 59.0 Å². The molecule has 1 heterocycles. The second-order valence-corrected chi connectivity index (χ2v) is 9.09. The number of aliphatic hydroxyl groups is 1. The Morgan fingerprint density at radius 1 is 0.939 bits per heavy atom. The number of rotatable bonds is 7. The minimum absolute atomic E-state index is 0.0127. The van der Waals surface area contributed by atoms with E-state index < -0.39 is 23.8 Å². The number of alkyl halides is 3. The first-order chi connectivity index (χ1) is 15.7. The Morgan fingerprint density at radius 3 is 2.24 bits per heavy atom. The van der Waals surface area contributed by atoms with Crippen LogP contribution in [-0.4, -0.2) is 42.5 Å². The van der Waals surface area contributed by atoms with Crippen molar-refractivity contribution in [3.63, 3.8) is 0 Å². The molecule has 1 aliphatic heterocycles. The highest BCUT2D eigenvalue weighted by Crippen LogP contribution is 2.48. The second-order valence-electron chi connectivity index (χ2n) is 9.09. The van der Waals surface area contributed by atoms with Crippen molar-refractivity contribution in [3.8, 4) is 5.75 Å². The van der Waals surface area contributed by atoms with Crippen molar-refractivity contribution in [2.45, 2.75) is 50.5 Å². The second kappa shape index (κ2) is 9.35. The molecule has 2 aromatic carbocycles. The van der Waals surface area contributed by atoms with Crippen LogP contribution in [0.3, 0.4) is 0 Å². The standard InChI is InChI=1S/C25H28F3NO4/c26-25(27,28)18-33-21-8-6-20(7-9-21)29-15-14-23(22(29)30)10-12-24(31,13-11-23)17-32-16-19-4-2-1-3-5-19/h1-9,31H,10-18H2/t23-,24+. The Bertz CT molecular complexity index is 938. The fourth-order valence-corrected chi connectivity index (χ4v) is 4.69. The summed E-state index contributed by atoms with van der Waals surface area (Å²) in [6.07, 6.45) is -1.55. The maximum atomic E-state index is 13.3. The van der Waals surface area contributed by atoms with E-state index in [-0.39, 0.29) is 18.3 Å². The van der Waals surface area contributed by atoms with Gasteiger partial charge in [-0.05, 0) is 61.9 Å². The lowest BCUT2D eigenvalue weighted by atomic mass is 9.68. The van der Waals surface area contributed by atoms with Crippen LogP contribution in [-0.2, 0) is 16.1 Å². The van der Waals surface area contributed by atoms with Crippen molar-refractivity contribution in [1.29, 1.82) is 0 Å². The molecule has 5 nitrogen and oxygen atoms in total. The number of hydrogen-bond acceptors (Lipinski definition) is 4. The molecule has 178 valence electrons. The van der Waals surface area contributed by atoms with Gasteiger partial charge in [-0.3, -0.25) is 4.79 Å². The third-order valence-electron chi connectivity index (χ3n) is 6.68. The van der Waals surface area contributed by atoms with Crippen molar-refractivity contribution in [2.24, 2.45) is 5.41 Å². The largest absolute Gasteiger partial charge is 0.484 e. The molecular formula is C25H28F3NO4. The Labute approximate surface area is 191 Å². The predicted octanol–water partition coefficient (Wildman–Crippen LogP) is 4.87. The number of carbonyl (C=O) groups is 1. The van der Waals surface area contributed by atoms with Gasteiger partial charge in [0.05, 0.1) is 24.2 Å². The van der Waals surface area contributed by atoms with E-state index in [1.807, 2.05) is 30.3 Å². The van der Waals surface area contributed by atoms with Crippen LogP contribution in [0.5, 0.6) is 5.75 Å². The summed E-state index contributed by atoms with van der Waals surface area (Å²) in [5.41, 5.74) is 0.246. The Balaban J connectivity index is 1.30. The van der Waals surface area contributed by atoms with E-state index in [2.05, 4.69) is 0 Å². The number of benzene rings is 2. The van der Waals surface area contributed by atoms with E-state index in [1.54, 1.807) is 17.0 Å². The molecule has 1 spiro atoms. The molecule has 0 bridgehead atoms. The van der Waals surface area contributed by atoms with E-state index in [4.69, 9.17) is 9.47 Å². The van der Waals surface area contributed by atoms with E-state index in [1.165, 1.54) is 12.1 Å². The Kier molecular flexibility index (Phi) is 6.68. The molecule has 1 saturated carbocycles. The monoisotopic (exact) mass is 463 g/mol. The highest BCUT2D eigenvalue weighted by atomic mass is 19.4. The number of halogens is 3. The van der Waals surface area contributed by atoms with E-state index in [0.29, 0.717) is 50.9 Å². The molecule has 1 saturated heterocycles. The summed E-state index contributed by atoms with van der Waals surface area (Å²) in [5, 5.41) is 11.0. The van der Waals surface area contributed by atoms with Crippen LogP contribution in [0.25, 0.3) is 0 Å². The average Bonchev–Trinajstić information content (AvgIpc) is 3.11. The number of hydrogen-bond donors (Lipinski definition) is 1. The molecule has 0 radical (unpaired) electrons. The van der Waals surface area contributed by atoms with Crippen LogP contribution in [0.2, 0.25) is 0 Å². The van der Waals surface area contributed by atoms with E-state index in [9.17, 15) is 23.1 Å². The minimum atomic E-state index is -4.40. The summed E-state index contributed by atoms with van der Waals surface area (Å²) in [4.78, 5) is 15.0. The molecule has 2 fully saturated rings. The van der Waals surface area contributed by atoms with Crippen molar-refractivity contribution in [3.05, 3.63) is 60.2 Å². The van der Waals surface area contributed by atoms with Gasteiger partial charge in [0.1, 0.15) is 5.75 Å². The van der Waals surface area contributed by atoms with Gasteiger partial charge in [0, 0.05) is 12.2 Å². The first kappa shape index (κ1) is 23.6. The molecule has 0 unspecified atom stereocenters. The fraction of sp³-hybridized carbons (Fsp3) is 0.480. The summed E-state index contributed by atoms with van der Waals surface area (Å²) in [6.45, 7) is -0.139. The predicted molar refractivity (Wildman–Crippen MR) is 117 cm³/mol. The molecule has 0 atom stereocenters. The van der Waals surface area contributed by atoms with Gasteiger partial charge in [-0.15, -0.1) is 0 Å². The molecule has 33 heavy (non-hydrogen) atoms. The molecule has 0 aromatic heterocycles. The number of ether oxygens (including phenoxy) is 2. The maximum absolute atomic E-state index is 13.3. The van der Waals surface area contributed by atoms with Gasteiger partial charge in [0.15, 0.2) is 6.61 Å². The molecule has 1 aliphatic carbocycles. The van der Waals surface area contributed by atoms with Crippen LogP contribution in [0.4, 0.5) is 18.9 Å². The summed E-state index contributed by atoms with van der Waals surface area (Å²) in [7, 11) is 0. The third-order valence-corrected chi connectivity index (χ3v) is 6.68. The third kappa shape index (κ3) is 5.68. The van der Waals surface area contributed by atoms with E-state index in [0.717, 1.165) is 5.56 Å². The van der Waals surface area contributed by atoms with Crippen LogP contribution < -0.4 is 9.64 Å². The summed E-state index contributed by atoms with van der Waals surface area (Å²) >= 11 is 0.